The van der Waals surface area contributed by atoms with E-state index in [-0.39, 0.29) is 11.6 Å². The van der Waals surface area contributed by atoms with E-state index < -0.39 is 5.41 Å². The van der Waals surface area contributed by atoms with Crippen LogP contribution in [0, 0.1) is 5.41 Å². The maximum absolute atomic E-state index is 12.0. The van der Waals surface area contributed by atoms with E-state index in [0.29, 0.717) is 17.7 Å². The first kappa shape index (κ1) is 14.6. The summed E-state index contributed by atoms with van der Waals surface area (Å²) >= 11 is 0. The van der Waals surface area contributed by atoms with Gasteiger partial charge in [0.25, 0.3) is 0 Å². The Morgan fingerprint density at radius 1 is 1.00 bits per heavy atom. The average Bonchev–Trinajstić information content (AvgIpc) is 2.26. The summed E-state index contributed by atoms with van der Waals surface area (Å²) in [4.78, 5) is 25.7. The minimum absolute atomic E-state index is 0.0646. The molecule has 3 nitrogen and oxygen atoms in total. The predicted molar refractivity (Wildman–Crippen MR) is 73.1 cm³/mol. The highest BCUT2D eigenvalue weighted by atomic mass is 16.1. The molecule has 18 heavy (non-hydrogen) atoms. The lowest BCUT2D eigenvalue weighted by atomic mass is 9.86. The first-order valence-corrected chi connectivity index (χ1v) is 6.04. The molecule has 0 aromatic heterocycles. The maximum atomic E-state index is 12.0. The second kappa shape index (κ2) is 5.44. The average molecular weight is 247 g/mol. The SMILES string of the molecule is CN(C)CC(=O)c1ccc(C(=O)C(C)(C)C)cc1. The maximum Gasteiger partial charge on any atom is 0.176 e. The molecule has 1 aromatic carbocycles. The fourth-order valence-corrected chi connectivity index (χ4v) is 1.62. The van der Waals surface area contributed by atoms with Gasteiger partial charge in [-0.2, -0.15) is 0 Å². The lowest BCUT2D eigenvalue weighted by Crippen LogP contribution is -2.22. The molecule has 0 saturated heterocycles. The third kappa shape index (κ3) is 3.77. The summed E-state index contributed by atoms with van der Waals surface area (Å²) < 4.78 is 0. The number of likely N-dealkylation sites (N-methyl/N-ethyl adjacent to an activating group) is 1. The van der Waals surface area contributed by atoms with Crippen molar-refractivity contribution in [1.29, 1.82) is 0 Å². The molecule has 0 unspecified atom stereocenters. The largest absolute Gasteiger partial charge is 0.302 e. The van der Waals surface area contributed by atoms with E-state index >= 15 is 0 Å². The minimum Gasteiger partial charge on any atom is -0.302 e. The molecule has 0 spiro atoms. The van der Waals surface area contributed by atoms with Crippen molar-refractivity contribution < 1.29 is 9.59 Å². The molecular weight excluding hydrogens is 226 g/mol. The summed E-state index contributed by atoms with van der Waals surface area (Å²) in [5.74, 6) is 0.156. The zero-order valence-electron chi connectivity index (χ0n) is 11.8. The quantitative estimate of drug-likeness (QED) is 0.768. The minimum atomic E-state index is -0.394. The number of ketones is 2. The van der Waals surface area contributed by atoms with Gasteiger partial charge in [-0.05, 0) is 14.1 Å². The molecule has 0 aliphatic heterocycles. The van der Waals surface area contributed by atoms with Crippen molar-refractivity contribution in [1.82, 2.24) is 4.90 Å². The molecular formula is C15H21NO2. The first-order valence-electron chi connectivity index (χ1n) is 6.04. The summed E-state index contributed by atoms with van der Waals surface area (Å²) in [5, 5.41) is 0. The Labute approximate surface area is 109 Å². The van der Waals surface area contributed by atoms with Crippen molar-refractivity contribution in [3.05, 3.63) is 35.4 Å². The van der Waals surface area contributed by atoms with E-state index in [0.717, 1.165) is 0 Å². The number of carbonyl (C=O) groups excluding carboxylic acids is 2. The van der Waals surface area contributed by atoms with Crippen LogP contribution in [0.25, 0.3) is 0 Å². The van der Waals surface area contributed by atoms with E-state index in [1.807, 2.05) is 39.8 Å². The van der Waals surface area contributed by atoms with Crippen molar-refractivity contribution in [2.45, 2.75) is 20.8 Å². The van der Waals surface area contributed by atoms with Gasteiger partial charge in [-0.3, -0.25) is 9.59 Å². The smallest absolute Gasteiger partial charge is 0.176 e. The molecule has 0 heterocycles. The molecule has 98 valence electrons. The van der Waals surface area contributed by atoms with E-state index in [1.165, 1.54) is 0 Å². The van der Waals surface area contributed by atoms with Crippen LogP contribution >= 0.6 is 0 Å². The van der Waals surface area contributed by atoms with Crippen molar-refractivity contribution in [3.8, 4) is 0 Å². The Morgan fingerprint density at radius 2 is 1.44 bits per heavy atom. The fourth-order valence-electron chi connectivity index (χ4n) is 1.62. The lowest BCUT2D eigenvalue weighted by Gasteiger charge is -2.16. The number of hydrogen-bond donors (Lipinski definition) is 0. The van der Waals surface area contributed by atoms with Crippen molar-refractivity contribution >= 4 is 11.6 Å². The van der Waals surface area contributed by atoms with Crippen LogP contribution in [0.15, 0.2) is 24.3 Å². The third-order valence-corrected chi connectivity index (χ3v) is 2.61. The van der Waals surface area contributed by atoms with Crippen LogP contribution in [-0.4, -0.2) is 37.1 Å². The Balaban J connectivity index is 2.87. The molecule has 0 N–H and O–H groups in total. The number of nitrogens with zero attached hydrogens (tertiary/aromatic N) is 1. The molecule has 3 heteroatoms. The van der Waals surface area contributed by atoms with E-state index in [1.54, 1.807) is 24.3 Å². The van der Waals surface area contributed by atoms with Crippen LogP contribution in [0.4, 0.5) is 0 Å². The number of Topliss-reactive ketones (excluding diaryl/α,β-unsaturated/α-hetero) is 2. The molecule has 0 aliphatic rings. The lowest BCUT2D eigenvalue weighted by molar-refractivity contribution is 0.0857. The summed E-state index contributed by atoms with van der Waals surface area (Å²) in [5.41, 5.74) is 0.910. The van der Waals surface area contributed by atoms with Crippen LogP contribution in [-0.2, 0) is 0 Å². The van der Waals surface area contributed by atoms with Crippen LogP contribution in [0.3, 0.4) is 0 Å². The van der Waals surface area contributed by atoms with Gasteiger partial charge in [-0.15, -0.1) is 0 Å². The topological polar surface area (TPSA) is 37.4 Å². The highest BCUT2D eigenvalue weighted by molar-refractivity contribution is 6.02. The predicted octanol–water partition coefficient (Wildman–Crippen LogP) is 2.66. The molecule has 1 aromatic rings. The number of hydrogen-bond acceptors (Lipinski definition) is 3. The van der Waals surface area contributed by atoms with Crippen LogP contribution in [0.1, 0.15) is 41.5 Å². The molecule has 0 fully saturated rings. The highest BCUT2D eigenvalue weighted by Gasteiger charge is 2.22. The molecule has 0 saturated carbocycles. The Bertz CT molecular complexity index is 439. The molecule has 0 atom stereocenters. The number of rotatable bonds is 4. The van der Waals surface area contributed by atoms with Gasteiger partial charge >= 0.3 is 0 Å². The molecule has 0 radical (unpaired) electrons. The van der Waals surface area contributed by atoms with Gasteiger partial charge < -0.3 is 4.90 Å². The van der Waals surface area contributed by atoms with Crippen LogP contribution in [0.2, 0.25) is 0 Å². The summed E-state index contributed by atoms with van der Waals surface area (Å²) in [7, 11) is 3.71. The second-order valence-electron chi connectivity index (χ2n) is 5.82. The number of benzene rings is 1. The standard InChI is InChI=1S/C15H21NO2/c1-15(2,3)14(18)12-8-6-11(7-9-12)13(17)10-16(4)5/h6-9H,10H2,1-5H3. The van der Waals surface area contributed by atoms with Crippen LogP contribution < -0.4 is 0 Å². The zero-order chi connectivity index (χ0) is 13.9. The first-order chi connectivity index (χ1) is 8.21. The monoisotopic (exact) mass is 247 g/mol. The summed E-state index contributed by atoms with van der Waals surface area (Å²) in [6.07, 6.45) is 0. The van der Waals surface area contributed by atoms with Crippen molar-refractivity contribution in [2.24, 2.45) is 5.41 Å². The van der Waals surface area contributed by atoms with Gasteiger partial charge in [-0.1, -0.05) is 45.0 Å². The normalized spacial score (nSPS) is 11.7. The molecule has 0 amide bonds. The van der Waals surface area contributed by atoms with E-state index in [9.17, 15) is 9.59 Å². The van der Waals surface area contributed by atoms with Gasteiger partial charge in [-0.25, -0.2) is 0 Å². The van der Waals surface area contributed by atoms with E-state index in [4.69, 9.17) is 0 Å². The van der Waals surface area contributed by atoms with Gasteiger partial charge in [0, 0.05) is 16.5 Å². The fraction of sp³-hybridized carbons (Fsp3) is 0.467. The van der Waals surface area contributed by atoms with Crippen LogP contribution in [0.5, 0.6) is 0 Å². The molecule has 0 aliphatic carbocycles. The highest BCUT2D eigenvalue weighted by Crippen LogP contribution is 2.21. The second-order valence-corrected chi connectivity index (χ2v) is 5.82. The van der Waals surface area contributed by atoms with Gasteiger partial charge in [0.15, 0.2) is 11.6 Å². The Hall–Kier alpha value is -1.48. The van der Waals surface area contributed by atoms with Gasteiger partial charge in [0.05, 0.1) is 6.54 Å². The van der Waals surface area contributed by atoms with Crippen molar-refractivity contribution in [2.75, 3.05) is 20.6 Å². The van der Waals surface area contributed by atoms with Gasteiger partial charge in [0.1, 0.15) is 0 Å². The van der Waals surface area contributed by atoms with Gasteiger partial charge in [0.2, 0.25) is 0 Å². The molecule has 0 bridgehead atoms. The Kier molecular flexibility index (Phi) is 4.41. The summed E-state index contributed by atoms with van der Waals surface area (Å²) in [6, 6.07) is 6.92. The number of carbonyl (C=O) groups is 2. The summed E-state index contributed by atoms with van der Waals surface area (Å²) in [6.45, 7) is 6.05. The zero-order valence-corrected chi connectivity index (χ0v) is 11.8. The molecule has 1 rings (SSSR count). The third-order valence-electron chi connectivity index (χ3n) is 2.61. The van der Waals surface area contributed by atoms with E-state index in [2.05, 4.69) is 0 Å². The van der Waals surface area contributed by atoms with Crippen molar-refractivity contribution in [3.63, 3.8) is 0 Å². The Morgan fingerprint density at radius 3 is 1.83 bits per heavy atom.